The molecular formula is C22H22N4O2. The Morgan fingerprint density at radius 1 is 0.929 bits per heavy atom. The Bertz CT molecular complexity index is 984. The summed E-state index contributed by atoms with van der Waals surface area (Å²) in [6.07, 6.45) is 1.60. The maximum Gasteiger partial charge on any atom is 0.270 e. The molecule has 0 unspecified atom stereocenters. The van der Waals surface area contributed by atoms with Crippen LogP contribution in [0.1, 0.15) is 28.5 Å². The van der Waals surface area contributed by atoms with E-state index in [4.69, 9.17) is 0 Å². The molecule has 6 heteroatoms. The highest BCUT2D eigenvalue weighted by Crippen LogP contribution is 2.20. The molecule has 0 aliphatic carbocycles. The van der Waals surface area contributed by atoms with Crippen LogP contribution in [0.25, 0.3) is 0 Å². The Kier molecular flexibility index (Phi) is 6.01. The Morgan fingerprint density at radius 2 is 1.71 bits per heavy atom. The molecule has 0 bridgehead atoms. The quantitative estimate of drug-likeness (QED) is 0.608. The molecule has 142 valence electrons. The summed E-state index contributed by atoms with van der Waals surface area (Å²) in [7, 11) is 0. The lowest BCUT2D eigenvalue weighted by atomic mass is 10.1. The van der Waals surface area contributed by atoms with Gasteiger partial charge in [-0.25, -0.2) is 4.98 Å². The van der Waals surface area contributed by atoms with Gasteiger partial charge in [-0.2, -0.15) is 0 Å². The number of nitrogens with one attached hydrogen (secondary N) is 3. The fourth-order valence-electron chi connectivity index (χ4n) is 2.74. The van der Waals surface area contributed by atoms with Gasteiger partial charge in [-0.1, -0.05) is 35.9 Å². The van der Waals surface area contributed by atoms with Crippen LogP contribution in [0.2, 0.25) is 0 Å². The van der Waals surface area contributed by atoms with Crippen LogP contribution in [0.5, 0.6) is 0 Å². The van der Waals surface area contributed by atoms with Crippen LogP contribution in [-0.2, 0) is 11.3 Å². The van der Waals surface area contributed by atoms with Crippen LogP contribution in [0, 0.1) is 6.92 Å². The summed E-state index contributed by atoms with van der Waals surface area (Å²) in [5.74, 6) is -0.347. The summed E-state index contributed by atoms with van der Waals surface area (Å²) < 4.78 is 0. The molecule has 0 aliphatic rings. The topological polar surface area (TPSA) is 83.1 Å². The number of hydrogen-bond acceptors (Lipinski definition) is 4. The Labute approximate surface area is 164 Å². The number of aromatic nitrogens is 1. The van der Waals surface area contributed by atoms with Crippen molar-refractivity contribution in [2.24, 2.45) is 0 Å². The minimum Gasteiger partial charge on any atom is -0.354 e. The second-order valence-corrected chi connectivity index (χ2v) is 6.49. The summed E-state index contributed by atoms with van der Waals surface area (Å²) in [4.78, 5) is 27.7. The highest BCUT2D eigenvalue weighted by Gasteiger charge is 2.07. The number of pyridine rings is 1. The molecule has 2 amide bonds. The van der Waals surface area contributed by atoms with E-state index < -0.39 is 0 Å². The molecule has 0 radical (unpaired) electrons. The normalized spacial score (nSPS) is 10.2. The first-order chi connectivity index (χ1) is 13.5. The molecule has 6 nitrogen and oxygen atoms in total. The van der Waals surface area contributed by atoms with Crippen molar-refractivity contribution in [1.82, 2.24) is 10.3 Å². The molecular weight excluding hydrogens is 352 g/mol. The maximum atomic E-state index is 12.3. The van der Waals surface area contributed by atoms with Gasteiger partial charge in [0.05, 0.1) is 11.9 Å². The lowest BCUT2D eigenvalue weighted by Crippen LogP contribution is -2.23. The van der Waals surface area contributed by atoms with Crippen molar-refractivity contribution < 1.29 is 9.59 Å². The summed E-state index contributed by atoms with van der Waals surface area (Å²) in [6, 6.07) is 18.8. The predicted molar refractivity (Wildman–Crippen MR) is 111 cm³/mol. The second kappa shape index (κ2) is 8.81. The van der Waals surface area contributed by atoms with Crippen LogP contribution in [0.15, 0.2) is 66.9 Å². The zero-order valence-electron chi connectivity index (χ0n) is 15.8. The number of amides is 2. The van der Waals surface area contributed by atoms with E-state index in [1.54, 1.807) is 18.3 Å². The van der Waals surface area contributed by atoms with Gasteiger partial charge in [0.25, 0.3) is 5.91 Å². The lowest BCUT2D eigenvalue weighted by Gasteiger charge is -2.09. The molecule has 0 saturated carbocycles. The summed E-state index contributed by atoms with van der Waals surface area (Å²) >= 11 is 0. The zero-order chi connectivity index (χ0) is 19.9. The van der Waals surface area contributed by atoms with Gasteiger partial charge in [0.15, 0.2) is 0 Å². The van der Waals surface area contributed by atoms with E-state index in [0.717, 1.165) is 22.5 Å². The number of rotatable bonds is 6. The SMILES string of the molecule is CC(=O)Nc1cccc(Nc2ccc(C(=O)NCc3cccc(C)c3)nc2)c1. The summed E-state index contributed by atoms with van der Waals surface area (Å²) in [6.45, 7) is 3.94. The van der Waals surface area contributed by atoms with E-state index in [1.807, 2.05) is 55.5 Å². The molecule has 0 fully saturated rings. The second-order valence-electron chi connectivity index (χ2n) is 6.49. The maximum absolute atomic E-state index is 12.3. The molecule has 3 N–H and O–H groups in total. The van der Waals surface area contributed by atoms with Gasteiger partial charge in [0, 0.05) is 24.8 Å². The van der Waals surface area contributed by atoms with Crippen molar-refractivity contribution in [3.8, 4) is 0 Å². The minimum absolute atomic E-state index is 0.125. The van der Waals surface area contributed by atoms with E-state index in [0.29, 0.717) is 17.9 Å². The van der Waals surface area contributed by atoms with Crippen LogP contribution in [0.4, 0.5) is 17.1 Å². The van der Waals surface area contributed by atoms with Crippen molar-refractivity contribution in [2.75, 3.05) is 10.6 Å². The van der Waals surface area contributed by atoms with Gasteiger partial charge in [-0.15, -0.1) is 0 Å². The van der Waals surface area contributed by atoms with Gasteiger partial charge in [-0.05, 0) is 42.8 Å². The highest BCUT2D eigenvalue weighted by molar-refractivity contribution is 5.92. The molecule has 3 aromatic rings. The van der Waals surface area contributed by atoms with Crippen LogP contribution in [-0.4, -0.2) is 16.8 Å². The molecule has 0 aliphatic heterocycles. The van der Waals surface area contributed by atoms with Gasteiger partial charge in [0.2, 0.25) is 5.91 Å². The lowest BCUT2D eigenvalue weighted by molar-refractivity contribution is -0.114. The monoisotopic (exact) mass is 374 g/mol. The van der Waals surface area contributed by atoms with Gasteiger partial charge in [0.1, 0.15) is 5.69 Å². The number of benzene rings is 2. The molecule has 3 rings (SSSR count). The molecule has 1 aromatic heterocycles. The largest absolute Gasteiger partial charge is 0.354 e. The van der Waals surface area contributed by atoms with E-state index >= 15 is 0 Å². The third kappa shape index (κ3) is 5.41. The van der Waals surface area contributed by atoms with Crippen molar-refractivity contribution in [2.45, 2.75) is 20.4 Å². The highest BCUT2D eigenvalue weighted by atomic mass is 16.2. The summed E-state index contributed by atoms with van der Waals surface area (Å²) in [5, 5.41) is 8.82. The van der Waals surface area contributed by atoms with Gasteiger partial charge in [-0.3, -0.25) is 9.59 Å². The Morgan fingerprint density at radius 3 is 2.43 bits per heavy atom. The van der Waals surface area contributed by atoms with E-state index in [-0.39, 0.29) is 11.8 Å². The molecule has 28 heavy (non-hydrogen) atoms. The third-order valence-electron chi connectivity index (χ3n) is 4.00. The number of carbonyl (C=O) groups is 2. The van der Waals surface area contributed by atoms with E-state index in [9.17, 15) is 9.59 Å². The van der Waals surface area contributed by atoms with Gasteiger partial charge < -0.3 is 16.0 Å². The van der Waals surface area contributed by atoms with Crippen molar-refractivity contribution in [3.05, 3.63) is 83.7 Å². The molecule has 0 spiro atoms. The first-order valence-electron chi connectivity index (χ1n) is 8.94. The number of carbonyl (C=O) groups excluding carboxylic acids is 2. The number of hydrogen-bond donors (Lipinski definition) is 3. The number of nitrogens with zero attached hydrogens (tertiary/aromatic N) is 1. The zero-order valence-corrected chi connectivity index (χ0v) is 15.8. The average molecular weight is 374 g/mol. The van der Waals surface area contributed by atoms with E-state index in [2.05, 4.69) is 20.9 Å². The smallest absolute Gasteiger partial charge is 0.270 e. The van der Waals surface area contributed by atoms with Gasteiger partial charge >= 0.3 is 0 Å². The van der Waals surface area contributed by atoms with Crippen molar-refractivity contribution in [1.29, 1.82) is 0 Å². The van der Waals surface area contributed by atoms with Crippen molar-refractivity contribution >= 4 is 28.9 Å². The molecule has 2 aromatic carbocycles. The predicted octanol–water partition coefficient (Wildman–Crippen LogP) is 4.02. The molecule has 0 atom stereocenters. The first kappa shape index (κ1) is 19.1. The van der Waals surface area contributed by atoms with Crippen LogP contribution >= 0.6 is 0 Å². The van der Waals surface area contributed by atoms with Crippen LogP contribution < -0.4 is 16.0 Å². The Balaban J connectivity index is 1.60. The Hall–Kier alpha value is -3.67. The van der Waals surface area contributed by atoms with Crippen molar-refractivity contribution in [3.63, 3.8) is 0 Å². The fraction of sp³-hybridized carbons (Fsp3) is 0.136. The molecule has 0 saturated heterocycles. The van der Waals surface area contributed by atoms with E-state index in [1.165, 1.54) is 6.92 Å². The third-order valence-corrected chi connectivity index (χ3v) is 4.00. The average Bonchev–Trinajstić information content (AvgIpc) is 2.66. The minimum atomic E-state index is -0.222. The number of anilines is 3. The fourth-order valence-corrected chi connectivity index (χ4v) is 2.74. The first-order valence-corrected chi connectivity index (χ1v) is 8.94. The molecule has 1 heterocycles. The van der Waals surface area contributed by atoms with Crippen LogP contribution in [0.3, 0.4) is 0 Å². The number of aryl methyl sites for hydroxylation is 1. The standard InChI is InChI=1S/C22H22N4O2/c1-15-5-3-6-17(11-15)13-24-22(28)21-10-9-20(14-23-21)26-19-8-4-7-18(12-19)25-16(2)27/h3-12,14,26H,13H2,1-2H3,(H,24,28)(H,25,27). The summed E-state index contributed by atoms with van der Waals surface area (Å²) in [5.41, 5.74) is 4.82.